The maximum atomic E-state index is 13.7. The molecule has 1 unspecified atom stereocenters. The number of carbonyl (C=O) groups excluding carboxylic acids is 1. The molecule has 0 radical (unpaired) electrons. The highest BCUT2D eigenvalue weighted by Gasteiger charge is 2.08. The summed E-state index contributed by atoms with van der Waals surface area (Å²) in [5, 5.41) is 9.08. The molecule has 0 aliphatic rings. The summed E-state index contributed by atoms with van der Waals surface area (Å²) in [5.74, 6) is 0.411. The Bertz CT molecular complexity index is 826. The summed E-state index contributed by atoms with van der Waals surface area (Å²) in [4.78, 5) is 16.3. The number of nitrogens with one attached hydrogen (secondary N) is 3. The Labute approximate surface area is 171 Å². The van der Waals surface area contributed by atoms with E-state index in [0.717, 1.165) is 18.5 Å². The number of guanidine groups is 1. The second kappa shape index (κ2) is 11.7. The van der Waals surface area contributed by atoms with Gasteiger partial charge in [-0.1, -0.05) is 24.3 Å². The number of hydrogen-bond acceptors (Lipinski definition) is 3. The number of rotatable bonds is 9. The van der Waals surface area contributed by atoms with Crippen LogP contribution in [-0.2, 0) is 6.42 Å². The first-order valence-electron chi connectivity index (χ1n) is 9.77. The predicted octanol–water partition coefficient (Wildman–Crippen LogP) is 2.75. The zero-order valence-corrected chi connectivity index (χ0v) is 17.2. The molecule has 0 aliphatic carbocycles. The van der Waals surface area contributed by atoms with Crippen molar-refractivity contribution in [2.75, 3.05) is 26.7 Å². The SMILES string of the molecule is CCNC(=NCC(C)Oc1ccccc1F)NCCc1cccc(C(=O)NC)c1. The molecule has 0 saturated carbocycles. The summed E-state index contributed by atoms with van der Waals surface area (Å²) in [6.07, 6.45) is 0.475. The van der Waals surface area contributed by atoms with E-state index in [1.807, 2.05) is 32.0 Å². The summed E-state index contributed by atoms with van der Waals surface area (Å²) >= 11 is 0. The van der Waals surface area contributed by atoms with Crippen molar-refractivity contribution in [1.29, 1.82) is 0 Å². The van der Waals surface area contributed by atoms with Crippen LogP contribution in [0.25, 0.3) is 0 Å². The molecule has 2 rings (SSSR count). The van der Waals surface area contributed by atoms with Crippen LogP contribution in [0.5, 0.6) is 5.75 Å². The van der Waals surface area contributed by atoms with Crippen molar-refractivity contribution < 1.29 is 13.9 Å². The van der Waals surface area contributed by atoms with Crippen molar-refractivity contribution in [2.45, 2.75) is 26.4 Å². The van der Waals surface area contributed by atoms with Crippen molar-refractivity contribution in [2.24, 2.45) is 4.99 Å². The molecule has 3 N–H and O–H groups in total. The summed E-state index contributed by atoms with van der Waals surface area (Å²) in [6, 6.07) is 13.9. The van der Waals surface area contributed by atoms with E-state index in [0.29, 0.717) is 24.6 Å². The third-order valence-electron chi connectivity index (χ3n) is 4.14. The lowest BCUT2D eigenvalue weighted by Crippen LogP contribution is -2.39. The first kappa shape index (κ1) is 22.2. The molecule has 156 valence electrons. The standard InChI is InChI=1S/C22H29FN4O2/c1-4-25-22(27-15-16(2)29-20-11-6-5-10-19(20)23)26-13-12-17-8-7-9-18(14-17)21(28)24-3/h5-11,14,16H,4,12-13,15H2,1-3H3,(H,24,28)(H2,25,26,27). The highest BCUT2D eigenvalue weighted by molar-refractivity contribution is 5.94. The molecule has 0 spiro atoms. The number of hydrogen-bond donors (Lipinski definition) is 3. The third-order valence-corrected chi connectivity index (χ3v) is 4.14. The fourth-order valence-electron chi connectivity index (χ4n) is 2.69. The largest absolute Gasteiger partial charge is 0.486 e. The van der Waals surface area contributed by atoms with Gasteiger partial charge in [0.15, 0.2) is 17.5 Å². The van der Waals surface area contributed by atoms with Crippen LogP contribution in [-0.4, -0.2) is 44.7 Å². The van der Waals surface area contributed by atoms with Crippen molar-refractivity contribution >= 4 is 11.9 Å². The predicted molar refractivity (Wildman–Crippen MR) is 114 cm³/mol. The monoisotopic (exact) mass is 400 g/mol. The molecule has 0 saturated heterocycles. The zero-order chi connectivity index (χ0) is 21.1. The molecule has 7 heteroatoms. The lowest BCUT2D eigenvalue weighted by atomic mass is 10.1. The van der Waals surface area contributed by atoms with Crippen molar-refractivity contribution in [3.8, 4) is 5.75 Å². The van der Waals surface area contributed by atoms with Crippen molar-refractivity contribution in [3.05, 3.63) is 65.5 Å². The molecule has 2 aromatic rings. The second-order valence-corrected chi connectivity index (χ2v) is 6.53. The van der Waals surface area contributed by atoms with E-state index in [1.54, 1.807) is 31.3 Å². The highest BCUT2D eigenvalue weighted by Crippen LogP contribution is 2.17. The number of ether oxygens (including phenoxy) is 1. The van der Waals surface area contributed by atoms with Crippen LogP contribution in [0.3, 0.4) is 0 Å². The number of benzene rings is 2. The maximum absolute atomic E-state index is 13.7. The van der Waals surface area contributed by atoms with E-state index in [1.165, 1.54) is 6.07 Å². The average Bonchev–Trinajstić information content (AvgIpc) is 2.73. The fourth-order valence-corrected chi connectivity index (χ4v) is 2.69. The Kier molecular flexibility index (Phi) is 8.95. The van der Waals surface area contributed by atoms with Crippen molar-refractivity contribution in [1.82, 2.24) is 16.0 Å². The van der Waals surface area contributed by atoms with E-state index >= 15 is 0 Å². The molecular weight excluding hydrogens is 371 g/mol. The Hall–Kier alpha value is -3.09. The zero-order valence-electron chi connectivity index (χ0n) is 17.2. The molecule has 0 heterocycles. The van der Waals surface area contributed by atoms with Crippen LogP contribution >= 0.6 is 0 Å². The summed E-state index contributed by atoms with van der Waals surface area (Å²) in [5.41, 5.74) is 1.70. The van der Waals surface area contributed by atoms with Gasteiger partial charge < -0.3 is 20.7 Å². The van der Waals surface area contributed by atoms with E-state index < -0.39 is 0 Å². The van der Waals surface area contributed by atoms with Crippen molar-refractivity contribution in [3.63, 3.8) is 0 Å². The van der Waals surface area contributed by atoms with Gasteiger partial charge in [-0.15, -0.1) is 0 Å². The third kappa shape index (κ3) is 7.44. The summed E-state index contributed by atoms with van der Waals surface area (Å²) in [7, 11) is 1.62. The van der Waals surface area contributed by atoms with Gasteiger partial charge in [0.05, 0.1) is 6.54 Å². The topological polar surface area (TPSA) is 74.8 Å². The Balaban J connectivity index is 1.87. The van der Waals surface area contributed by atoms with Gasteiger partial charge in [-0.2, -0.15) is 0 Å². The molecule has 6 nitrogen and oxygen atoms in total. The average molecular weight is 400 g/mol. The molecule has 2 aromatic carbocycles. The smallest absolute Gasteiger partial charge is 0.251 e. The molecular formula is C22H29FN4O2. The van der Waals surface area contributed by atoms with Crippen LogP contribution in [0.2, 0.25) is 0 Å². The maximum Gasteiger partial charge on any atom is 0.251 e. The van der Waals surface area contributed by atoms with Gasteiger partial charge in [0.1, 0.15) is 6.10 Å². The van der Waals surface area contributed by atoms with E-state index in [2.05, 4.69) is 20.9 Å². The molecule has 0 fully saturated rings. The number of carbonyl (C=O) groups is 1. The molecule has 0 aliphatic heterocycles. The molecule has 0 bridgehead atoms. The Morgan fingerprint density at radius 3 is 2.69 bits per heavy atom. The first-order chi connectivity index (χ1) is 14.0. The van der Waals surface area contributed by atoms with E-state index in [-0.39, 0.29) is 23.6 Å². The first-order valence-corrected chi connectivity index (χ1v) is 9.77. The Morgan fingerprint density at radius 2 is 1.97 bits per heavy atom. The number of para-hydroxylation sites is 1. The summed E-state index contributed by atoms with van der Waals surface area (Å²) in [6.45, 7) is 5.61. The van der Waals surface area contributed by atoms with Gasteiger partial charge in [0.25, 0.3) is 5.91 Å². The van der Waals surface area contributed by atoms with Gasteiger partial charge in [-0.25, -0.2) is 9.38 Å². The minimum absolute atomic E-state index is 0.0986. The normalized spacial score (nSPS) is 12.2. The number of nitrogens with zero attached hydrogens (tertiary/aromatic N) is 1. The molecule has 0 aromatic heterocycles. The number of aliphatic imine (C=N–C) groups is 1. The van der Waals surface area contributed by atoms with Gasteiger partial charge in [0, 0.05) is 25.7 Å². The quantitative estimate of drug-likeness (QED) is 0.447. The lowest BCUT2D eigenvalue weighted by molar-refractivity contribution is 0.0963. The fraction of sp³-hybridized carbons (Fsp3) is 0.364. The van der Waals surface area contributed by atoms with Gasteiger partial charge in [-0.05, 0) is 50.1 Å². The molecule has 1 atom stereocenters. The molecule has 29 heavy (non-hydrogen) atoms. The highest BCUT2D eigenvalue weighted by atomic mass is 19.1. The van der Waals surface area contributed by atoms with Crippen LogP contribution in [0.15, 0.2) is 53.5 Å². The lowest BCUT2D eigenvalue weighted by Gasteiger charge is -2.15. The van der Waals surface area contributed by atoms with E-state index in [4.69, 9.17) is 4.74 Å². The van der Waals surface area contributed by atoms with Gasteiger partial charge in [0.2, 0.25) is 0 Å². The van der Waals surface area contributed by atoms with Crippen LogP contribution < -0.4 is 20.7 Å². The minimum atomic E-state index is -0.382. The second-order valence-electron chi connectivity index (χ2n) is 6.53. The van der Waals surface area contributed by atoms with Crippen LogP contribution in [0.4, 0.5) is 4.39 Å². The van der Waals surface area contributed by atoms with E-state index in [9.17, 15) is 9.18 Å². The number of halogens is 1. The summed E-state index contributed by atoms with van der Waals surface area (Å²) < 4.78 is 19.3. The van der Waals surface area contributed by atoms with Crippen LogP contribution in [0.1, 0.15) is 29.8 Å². The van der Waals surface area contributed by atoms with Gasteiger partial charge in [-0.3, -0.25) is 4.79 Å². The van der Waals surface area contributed by atoms with Crippen LogP contribution in [0, 0.1) is 5.82 Å². The Morgan fingerprint density at radius 1 is 1.17 bits per heavy atom. The number of amides is 1. The molecule has 1 amide bonds. The minimum Gasteiger partial charge on any atom is -0.486 e. The van der Waals surface area contributed by atoms with Gasteiger partial charge >= 0.3 is 0 Å².